The third kappa shape index (κ3) is 18.2. The van der Waals surface area contributed by atoms with Crippen molar-refractivity contribution in [1.29, 1.82) is 0 Å². The maximum absolute atomic E-state index is 10.1. The summed E-state index contributed by atoms with van der Waals surface area (Å²) < 4.78 is 28.4. The highest BCUT2D eigenvalue weighted by Crippen LogP contribution is 2.25. The third-order valence-corrected chi connectivity index (χ3v) is 3.54. The lowest BCUT2D eigenvalue weighted by Crippen LogP contribution is -2.16. The zero-order chi connectivity index (χ0) is 15.5. The zero-order valence-electron chi connectivity index (χ0n) is 11.2. The lowest BCUT2D eigenvalue weighted by atomic mass is 10.1. The lowest BCUT2D eigenvalue weighted by molar-refractivity contribution is -0.343. The van der Waals surface area contributed by atoms with Gasteiger partial charge in [-0.15, -0.1) is 0 Å². The van der Waals surface area contributed by atoms with Crippen LogP contribution in [0.1, 0.15) is 51.4 Å². The highest BCUT2D eigenvalue weighted by molar-refractivity contribution is 7.43. The Balaban J connectivity index is 3.14. The largest absolute Gasteiger partial charge is 0.790 e. The second kappa shape index (κ2) is 10.9. The van der Waals surface area contributed by atoms with Gasteiger partial charge in [0.15, 0.2) is 0 Å². The molecule has 10 heteroatoms. The first-order valence-corrected chi connectivity index (χ1v) is 9.46. The highest BCUT2D eigenvalue weighted by Gasteiger charge is 1.95. The Morgan fingerprint density at radius 1 is 0.550 bits per heavy atom. The molecule has 0 unspecified atom stereocenters. The van der Waals surface area contributed by atoms with Crippen molar-refractivity contribution < 1.29 is 37.8 Å². The second-order valence-electron chi connectivity index (χ2n) is 4.39. The Hall–Kier alpha value is 0.220. The van der Waals surface area contributed by atoms with Gasteiger partial charge >= 0.3 is 0 Å². The molecule has 0 aliphatic carbocycles. The van der Waals surface area contributed by atoms with Crippen LogP contribution in [0.25, 0.3) is 0 Å². The van der Waals surface area contributed by atoms with Gasteiger partial charge in [-0.3, -0.25) is 0 Å². The van der Waals surface area contributed by atoms with Crippen LogP contribution >= 0.6 is 15.6 Å². The molecule has 20 heavy (non-hydrogen) atoms. The van der Waals surface area contributed by atoms with Crippen LogP contribution in [-0.4, -0.2) is 13.2 Å². The molecule has 0 radical (unpaired) electrons. The molecule has 0 saturated carbocycles. The highest BCUT2D eigenvalue weighted by atomic mass is 31.2. The Kier molecular flexibility index (Phi) is 11.0. The average molecular weight is 330 g/mol. The molecule has 0 rings (SSSR count). The van der Waals surface area contributed by atoms with Crippen LogP contribution in [0.15, 0.2) is 0 Å². The fourth-order valence-electron chi connectivity index (χ4n) is 1.62. The molecule has 0 spiro atoms. The molecular weight excluding hydrogens is 310 g/mol. The predicted octanol–water partition coefficient (Wildman–Crippen LogP) is -0.202. The summed E-state index contributed by atoms with van der Waals surface area (Å²) in [6.45, 7) is -0.127. The Bertz CT molecular complexity index is 291. The molecule has 0 heterocycles. The first-order chi connectivity index (χ1) is 9.21. The first kappa shape index (κ1) is 20.2. The van der Waals surface area contributed by atoms with Crippen LogP contribution in [0, 0.1) is 0 Å². The van der Waals surface area contributed by atoms with Crippen molar-refractivity contribution in [1.82, 2.24) is 0 Å². The molecule has 0 fully saturated rings. The topological polar surface area (TPSA) is 145 Å². The molecule has 0 amide bonds. The molecule has 0 aromatic heterocycles. The minimum absolute atomic E-state index is 0.0634. The quantitative estimate of drug-likeness (QED) is 0.333. The number of phosphoric acid groups is 2. The number of unbranched alkanes of at least 4 members (excludes halogenated alkanes) is 7. The van der Waals surface area contributed by atoms with E-state index in [2.05, 4.69) is 9.05 Å². The fourth-order valence-corrected chi connectivity index (χ4v) is 2.32. The molecule has 8 nitrogen and oxygen atoms in total. The fraction of sp³-hybridized carbons (Fsp3) is 1.00. The van der Waals surface area contributed by atoms with E-state index in [1.165, 1.54) is 0 Å². The zero-order valence-corrected chi connectivity index (χ0v) is 13.0. The number of hydrogen-bond donors (Lipinski definition) is 0. The minimum atomic E-state index is -4.83. The van der Waals surface area contributed by atoms with Crippen molar-refractivity contribution in [2.24, 2.45) is 0 Å². The van der Waals surface area contributed by atoms with E-state index in [-0.39, 0.29) is 13.2 Å². The van der Waals surface area contributed by atoms with Gasteiger partial charge in [0.2, 0.25) is 0 Å². The molecule has 0 aliphatic rings. The van der Waals surface area contributed by atoms with Gasteiger partial charge in [-0.2, -0.15) is 0 Å². The van der Waals surface area contributed by atoms with Crippen molar-refractivity contribution >= 4 is 15.6 Å². The van der Waals surface area contributed by atoms with Gasteiger partial charge in [-0.25, -0.2) is 0 Å². The molecule has 0 aromatic rings. The van der Waals surface area contributed by atoms with Crippen molar-refractivity contribution in [3.8, 4) is 0 Å². The molecular formula is C10H20O8P2-4. The molecule has 0 bridgehead atoms. The van der Waals surface area contributed by atoms with E-state index in [9.17, 15) is 28.7 Å². The predicted molar refractivity (Wildman–Crippen MR) is 64.1 cm³/mol. The van der Waals surface area contributed by atoms with Gasteiger partial charge in [0.25, 0.3) is 0 Å². The minimum Gasteiger partial charge on any atom is -0.790 e. The Morgan fingerprint density at radius 2 is 0.800 bits per heavy atom. The maximum atomic E-state index is 10.1. The Morgan fingerprint density at radius 3 is 1.05 bits per heavy atom. The van der Waals surface area contributed by atoms with Crippen molar-refractivity contribution in [3.05, 3.63) is 0 Å². The van der Waals surface area contributed by atoms with E-state index in [1.807, 2.05) is 0 Å². The number of rotatable bonds is 13. The van der Waals surface area contributed by atoms with Crippen molar-refractivity contribution in [2.75, 3.05) is 13.2 Å². The van der Waals surface area contributed by atoms with E-state index < -0.39 is 15.6 Å². The maximum Gasteiger partial charge on any atom is 0.0596 e. The average Bonchev–Trinajstić information content (AvgIpc) is 2.27. The van der Waals surface area contributed by atoms with Crippen LogP contribution in [0.2, 0.25) is 0 Å². The van der Waals surface area contributed by atoms with Crippen LogP contribution in [0.5, 0.6) is 0 Å². The van der Waals surface area contributed by atoms with Crippen LogP contribution < -0.4 is 19.6 Å². The Labute approximate surface area is 119 Å². The standard InChI is InChI=1S/C10H24O8P2/c11-19(12,13)17-9-7-5-3-1-2-4-6-8-10-18-20(14,15)16/h1-10H2,(H2,11,12,13)(H2,14,15,16)/p-4. The van der Waals surface area contributed by atoms with Crippen LogP contribution in [0.4, 0.5) is 0 Å². The van der Waals surface area contributed by atoms with Gasteiger partial charge in [0.1, 0.15) is 0 Å². The summed E-state index contributed by atoms with van der Waals surface area (Å²) in [6.07, 6.45) is 6.41. The van der Waals surface area contributed by atoms with Gasteiger partial charge in [0.05, 0.1) is 28.9 Å². The molecule has 0 saturated heterocycles. The van der Waals surface area contributed by atoms with Crippen LogP contribution in [-0.2, 0) is 18.2 Å². The summed E-state index contributed by atoms with van der Waals surface area (Å²) in [5, 5.41) is 0. The summed E-state index contributed by atoms with van der Waals surface area (Å²) >= 11 is 0. The molecule has 0 atom stereocenters. The van der Waals surface area contributed by atoms with E-state index in [0.29, 0.717) is 12.8 Å². The van der Waals surface area contributed by atoms with E-state index in [0.717, 1.165) is 38.5 Å². The second-order valence-corrected chi connectivity index (χ2v) is 6.69. The van der Waals surface area contributed by atoms with Crippen molar-refractivity contribution in [3.63, 3.8) is 0 Å². The summed E-state index contributed by atoms with van der Waals surface area (Å²) in [4.78, 5) is 40.5. The summed E-state index contributed by atoms with van der Waals surface area (Å²) in [7, 11) is -9.66. The first-order valence-electron chi connectivity index (χ1n) is 6.54. The molecule has 0 N–H and O–H groups in total. The van der Waals surface area contributed by atoms with E-state index >= 15 is 0 Å². The molecule has 0 aliphatic heterocycles. The van der Waals surface area contributed by atoms with Crippen LogP contribution in [0.3, 0.4) is 0 Å². The molecule has 122 valence electrons. The lowest BCUT2D eigenvalue weighted by Gasteiger charge is -2.28. The normalized spacial score (nSPS) is 12.8. The van der Waals surface area contributed by atoms with E-state index in [4.69, 9.17) is 0 Å². The van der Waals surface area contributed by atoms with Gasteiger partial charge in [-0.1, -0.05) is 38.5 Å². The summed E-state index contributed by atoms with van der Waals surface area (Å²) in [6, 6.07) is 0. The third-order valence-electron chi connectivity index (χ3n) is 2.54. The number of phosphoric ester groups is 2. The van der Waals surface area contributed by atoms with Crippen molar-refractivity contribution in [2.45, 2.75) is 51.4 Å². The smallest absolute Gasteiger partial charge is 0.0596 e. The SMILES string of the molecule is O=P([O-])([O-])OCCCCCCCCCCOP(=O)([O-])[O-]. The number of hydrogen-bond acceptors (Lipinski definition) is 8. The monoisotopic (exact) mass is 330 g/mol. The van der Waals surface area contributed by atoms with Gasteiger partial charge in [-0.05, 0) is 12.8 Å². The van der Waals surface area contributed by atoms with Gasteiger partial charge in [0, 0.05) is 0 Å². The van der Waals surface area contributed by atoms with E-state index in [1.54, 1.807) is 0 Å². The molecule has 0 aromatic carbocycles. The summed E-state index contributed by atoms with van der Waals surface area (Å²) in [5.74, 6) is 0. The van der Waals surface area contributed by atoms with Gasteiger partial charge < -0.3 is 37.8 Å². The summed E-state index contributed by atoms with van der Waals surface area (Å²) in [5.41, 5.74) is 0.